The first-order valence-electron chi connectivity index (χ1n) is 25.2. The Morgan fingerprint density at radius 1 is 0.329 bits per heavy atom. The van der Waals surface area contributed by atoms with Crippen molar-refractivity contribution in [2.45, 2.75) is 345 Å². The monoisotopic (exact) mass is 1110 g/mol. The molecule has 0 heterocycles. The third-order valence-corrected chi connectivity index (χ3v) is 12.5. The highest BCUT2D eigenvalue weighted by atomic mass is 16.6. The van der Waals surface area contributed by atoms with Crippen molar-refractivity contribution < 1.29 is 47.7 Å². The van der Waals surface area contributed by atoms with Crippen molar-refractivity contribution in [1.29, 1.82) is 0 Å². The third kappa shape index (κ3) is 52.1. The number of carbonyl (C=O) groups is 5. The molecule has 0 aliphatic heterocycles. The lowest BCUT2D eigenvalue weighted by molar-refractivity contribution is -0.165. The van der Waals surface area contributed by atoms with Crippen LogP contribution < -0.4 is 0 Å². The van der Waals surface area contributed by atoms with Gasteiger partial charge in [0.15, 0.2) is 0 Å². The van der Waals surface area contributed by atoms with E-state index in [1.807, 2.05) is 132 Å². The summed E-state index contributed by atoms with van der Waals surface area (Å²) in [6, 6.07) is 0. The molecule has 2 atom stereocenters. The van der Waals surface area contributed by atoms with Crippen LogP contribution in [0.3, 0.4) is 0 Å². The van der Waals surface area contributed by atoms with Crippen LogP contribution >= 0.6 is 0 Å². The van der Waals surface area contributed by atoms with Gasteiger partial charge in [-0.1, -0.05) is 192 Å². The molecule has 0 spiro atoms. The number of carbonyl (C=O) groups excluding carboxylic acids is 5. The fraction of sp³-hybridized carbons (Fsp3) is 0.924. The highest BCUT2D eigenvalue weighted by Crippen LogP contribution is 2.29. The van der Waals surface area contributed by atoms with Crippen molar-refractivity contribution in [2.24, 2.45) is 55.7 Å². The van der Waals surface area contributed by atoms with Gasteiger partial charge in [-0.3, -0.25) is 24.0 Å². The second kappa shape index (κ2) is 49.4. The summed E-state index contributed by atoms with van der Waals surface area (Å²) in [5.74, 6) is 0.691. The lowest BCUT2D eigenvalue weighted by Crippen LogP contribution is -2.35. The van der Waals surface area contributed by atoms with Gasteiger partial charge in [-0.2, -0.15) is 0 Å². The van der Waals surface area contributed by atoms with Crippen molar-refractivity contribution >= 4 is 29.8 Å². The Labute approximate surface area is 483 Å². The minimum absolute atomic E-state index is 0. The summed E-state index contributed by atoms with van der Waals surface area (Å²) in [5, 5.41) is 0. The van der Waals surface area contributed by atoms with Crippen LogP contribution in [0.5, 0.6) is 0 Å². The van der Waals surface area contributed by atoms with Gasteiger partial charge in [-0.15, -0.1) is 0 Å². The van der Waals surface area contributed by atoms with E-state index < -0.39 is 0 Å². The lowest BCUT2D eigenvalue weighted by atomic mass is 9.88. The second-order valence-corrected chi connectivity index (χ2v) is 24.9. The molecule has 0 rings (SSSR count). The topological polar surface area (TPSA) is 132 Å². The predicted octanol–water partition coefficient (Wildman–Crippen LogP) is 21.8. The Hall–Kier alpha value is -2.65. The Bertz CT molecular complexity index is 1360. The highest BCUT2D eigenvalue weighted by Gasteiger charge is 2.34. The van der Waals surface area contributed by atoms with Crippen LogP contribution in [0.1, 0.15) is 321 Å². The molecule has 0 saturated heterocycles. The maximum absolute atomic E-state index is 11.9. The van der Waals surface area contributed by atoms with Crippen LogP contribution in [0, 0.1) is 55.7 Å². The van der Waals surface area contributed by atoms with Gasteiger partial charge in [0.1, 0.15) is 18.3 Å². The number of ether oxygens (including phenoxy) is 5. The van der Waals surface area contributed by atoms with Crippen molar-refractivity contribution in [3.8, 4) is 0 Å². The molecular formula is C66H152O10. The SMILES string of the molecule is C.C.C.C.C.C.C.C.C.C.CCC(C)(C)C(=O)OC(C(C)C)C(C)C.CCC(C)(C)C(=O)OC(C)C.CCC(C)(C)C(=O)OC(C)C(C)(C)C.CCC(C)(C)C(=O)OC(C)C(C)C.CCC(C)(C)C(=O)OCC(C)(C)C. The van der Waals surface area contributed by atoms with E-state index >= 15 is 0 Å². The summed E-state index contributed by atoms with van der Waals surface area (Å²) in [6.45, 7) is 62.2. The molecule has 2 unspecified atom stereocenters. The average molecular weight is 1110 g/mol. The molecular weight excluding hydrogens is 953 g/mol. The molecule has 0 amide bonds. The van der Waals surface area contributed by atoms with Gasteiger partial charge >= 0.3 is 29.8 Å². The van der Waals surface area contributed by atoms with Crippen molar-refractivity contribution in [2.75, 3.05) is 6.61 Å². The van der Waals surface area contributed by atoms with E-state index in [4.69, 9.17) is 23.7 Å². The molecule has 76 heavy (non-hydrogen) atoms. The molecule has 0 aliphatic carbocycles. The minimum Gasteiger partial charge on any atom is -0.465 e. The first-order valence-corrected chi connectivity index (χ1v) is 25.2. The lowest BCUT2D eigenvalue weighted by Gasteiger charge is -2.30. The minimum atomic E-state index is -0.362. The first kappa shape index (κ1) is 113. The number of rotatable bonds is 18. The molecule has 0 bridgehead atoms. The fourth-order valence-corrected chi connectivity index (χ4v) is 3.86. The zero-order chi connectivity index (χ0) is 54.2. The molecule has 476 valence electrons. The van der Waals surface area contributed by atoms with E-state index in [1.54, 1.807) is 0 Å². The number of hydrogen-bond donors (Lipinski definition) is 0. The number of hydrogen-bond acceptors (Lipinski definition) is 10. The summed E-state index contributed by atoms with van der Waals surface area (Å²) in [7, 11) is 0. The molecule has 10 nitrogen and oxygen atoms in total. The van der Waals surface area contributed by atoms with E-state index in [0.717, 1.165) is 32.1 Å². The maximum Gasteiger partial charge on any atom is 0.311 e. The van der Waals surface area contributed by atoms with Gasteiger partial charge in [0.2, 0.25) is 0 Å². The van der Waals surface area contributed by atoms with Crippen molar-refractivity contribution in [3.63, 3.8) is 0 Å². The summed E-state index contributed by atoms with van der Waals surface area (Å²) in [6.07, 6.45) is 4.07. The van der Waals surface area contributed by atoms with Crippen molar-refractivity contribution in [3.05, 3.63) is 0 Å². The summed E-state index contributed by atoms with van der Waals surface area (Å²) < 4.78 is 26.6. The molecule has 0 saturated carbocycles. The van der Waals surface area contributed by atoms with Crippen LogP contribution in [0.2, 0.25) is 0 Å². The van der Waals surface area contributed by atoms with Gasteiger partial charge in [0.05, 0.1) is 39.8 Å². The van der Waals surface area contributed by atoms with Crippen LogP contribution in [0.25, 0.3) is 0 Å². The smallest absolute Gasteiger partial charge is 0.311 e. The second-order valence-electron chi connectivity index (χ2n) is 24.9. The fourth-order valence-electron chi connectivity index (χ4n) is 3.86. The largest absolute Gasteiger partial charge is 0.465 e. The first-order chi connectivity index (χ1) is 29.2. The zero-order valence-corrected chi connectivity index (χ0v) is 49.4. The quantitative estimate of drug-likeness (QED) is 0.0965. The molecule has 0 aromatic rings. The molecule has 0 aromatic carbocycles. The normalized spacial score (nSPS) is 11.6. The average Bonchev–Trinajstić information content (AvgIpc) is 3.18. The Balaban J connectivity index is -0.0000000457. The van der Waals surface area contributed by atoms with Gasteiger partial charge < -0.3 is 23.7 Å². The van der Waals surface area contributed by atoms with E-state index in [-0.39, 0.29) is 166 Å². The van der Waals surface area contributed by atoms with Gasteiger partial charge in [0.25, 0.3) is 0 Å². The van der Waals surface area contributed by atoms with Crippen LogP contribution in [0.4, 0.5) is 0 Å². The van der Waals surface area contributed by atoms with Gasteiger partial charge in [-0.05, 0) is 158 Å². The molecule has 0 aliphatic rings. The van der Waals surface area contributed by atoms with Gasteiger partial charge in [-0.25, -0.2) is 0 Å². The Morgan fingerprint density at radius 2 is 0.566 bits per heavy atom. The van der Waals surface area contributed by atoms with E-state index in [9.17, 15) is 24.0 Å². The summed E-state index contributed by atoms with van der Waals surface area (Å²) >= 11 is 0. The summed E-state index contributed by atoms with van der Waals surface area (Å²) in [5.41, 5.74) is -1.67. The standard InChI is InChI=1S/C13H26O2.C12H24O2.2C11H22O2.C9H18O2.10CH4/c1-8-13(6,7)12(14)15-11(9(2)3)10(4)5;1-8-12(6,7)10(13)14-9(2)11(3,4)5;1-7-11(5,6)9(12)13-8-10(2,3)4;1-7-11(5,6)10(12)13-9(4)8(2)3;1-6-9(4,5)8(10)11-7(2)3;;;;;;;;;;/h9-11H,8H2,1-7H3;9H,8H2,1-7H3;7-8H2,1-6H3;8-9H,7H2,1-6H3;7H,6H2,1-5H3;10*1H4. The van der Waals surface area contributed by atoms with Crippen LogP contribution in [-0.4, -0.2) is 60.9 Å². The molecule has 0 fully saturated rings. The maximum atomic E-state index is 11.9. The van der Waals surface area contributed by atoms with Crippen molar-refractivity contribution in [1.82, 2.24) is 0 Å². The van der Waals surface area contributed by atoms with Crippen LogP contribution in [-0.2, 0) is 47.7 Å². The zero-order valence-electron chi connectivity index (χ0n) is 49.4. The van der Waals surface area contributed by atoms with E-state index in [2.05, 4.69) is 83.1 Å². The Morgan fingerprint density at radius 3 is 0.776 bits per heavy atom. The van der Waals surface area contributed by atoms with Crippen LogP contribution in [0.15, 0.2) is 0 Å². The number of esters is 5. The molecule has 10 heteroatoms. The molecule has 0 aromatic heterocycles. The molecule has 0 N–H and O–H groups in total. The summed E-state index contributed by atoms with van der Waals surface area (Å²) in [4.78, 5) is 58.0. The Kier molecular flexibility index (Phi) is 73.3. The van der Waals surface area contributed by atoms with Gasteiger partial charge in [0, 0.05) is 0 Å². The third-order valence-electron chi connectivity index (χ3n) is 12.5. The highest BCUT2D eigenvalue weighted by molar-refractivity contribution is 5.77. The van der Waals surface area contributed by atoms with E-state index in [0.29, 0.717) is 24.4 Å². The van der Waals surface area contributed by atoms with E-state index in [1.165, 1.54) is 0 Å². The predicted molar refractivity (Wildman–Crippen MR) is 344 cm³/mol. The molecule has 0 radical (unpaired) electrons.